The van der Waals surface area contributed by atoms with Gasteiger partial charge in [-0.15, -0.1) is 0 Å². The zero-order chi connectivity index (χ0) is 13.5. The number of hydrogen-bond donors (Lipinski definition) is 1. The van der Waals surface area contributed by atoms with Gasteiger partial charge in [-0.2, -0.15) is 0 Å². The first-order valence-electron chi connectivity index (χ1n) is 6.93. The minimum atomic E-state index is 0.856. The van der Waals surface area contributed by atoms with E-state index in [1.165, 1.54) is 5.56 Å². The summed E-state index contributed by atoms with van der Waals surface area (Å²) in [4.78, 5) is 11.4. The van der Waals surface area contributed by atoms with Crippen LogP contribution in [0.25, 0.3) is 0 Å². The van der Waals surface area contributed by atoms with Gasteiger partial charge in [-0.1, -0.05) is 6.92 Å². The van der Waals surface area contributed by atoms with Crippen molar-refractivity contribution in [2.24, 2.45) is 0 Å². The smallest absolute Gasteiger partial charge is 0.225 e. The Morgan fingerprint density at radius 1 is 1.00 bits per heavy atom. The van der Waals surface area contributed by atoms with Crippen molar-refractivity contribution in [3.05, 3.63) is 17.0 Å². The fourth-order valence-corrected chi connectivity index (χ4v) is 2.02. The van der Waals surface area contributed by atoms with Crippen molar-refractivity contribution in [1.29, 1.82) is 0 Å². The van der Waals surface area contributed by atoms with E-state index in [1.54, 1.807) is 0 Å². The molecule has 0 saturated carbocycles. The Labute approximate surface area is 111 Å². The molecule has 4 nitrogen and oxygen atoms in total. The minimum Gasteiger partial charge on any atom is -0.341 e. The molecule has 0 bridgehead atoms. The van der Waals surface area contributed by atoms with Crippen molar-refractivity contribution in [2.45, 2.75) is 47.6 Å². The molecule has 1 rings (SSSR count). The van der Waals surface area contributed by atoms with E-state index in [4.69, 9.17) is 0 Å². The molecular weight excluding hydrogens is 224 g/mol. The number of nitrogens with zero attached hydrogens (tertiary/aromatic N) is 3. The fraction of sp³-hybridized carbons (Fsp3) is 0.714. The summed E-state index contributed by atoms with van der Waals surface area (Å²) in [5, 5.41) is 3.42. The molecule has 1 heterocycles. The van der Waals surface area contributed by atoms with Crippen LogP contribution >= 0.6 is 0 Å². The quantitative estimate of drug-likeness (QED) is 0.755. The first-order chi connectivity index (χ1) is 8.63. The van der Waals surface area contributed by atoms with Gasteiger partial charge in [0.2, 0.25) is 5.95 Å². The second-order valence-corrected chi connectivity index (χ2v) is 4.52. The Kier molecular flexibility index (Phi) is 6.05. The van der Waals surface area contributed by atoms with Gasteiger partial charge >= 0.3 is 0 Å². The SMILES string of the molecule is CCCNCc1c(C)nc(N(CC)CC)nc1C. The average molecular weight is 250 g/mol. The Hall–Kier alpha value is -1.16. The molecule has 0 amide bonds. The lowest BCUT2D eigenvalue weighted by molar-refractivity contribution is 0.663. The van der Waals surface area contributed by atoms with Gasteiger partial charge in [0.05, 0.1) is 0 Å². The van der Waals surface area contributed by atoms with Gasteiger partial charge in [-0.3, -0.25) is 0 Å². The summed E-state index contributed by atoms with van der Waals surface area (Å²) in [6.45, 7) is 14.4. The van der Waals surface area contributed by atoms with Gasteiger partial charge < -0.3 is 10.2 Å². The Balaban J connectivity index is 2.89. The van der Waals surface area contributed by atoms with Crippen LogP contribution in [-0.2, 0) is 6.54 Å². The van der Waals surface area contributed by atoms with Gasteiger partial charge in [0.15, 0.2) is 0 Å². The van der Waals surface area contributed by atoms with Crippen molar-refractivity contribution in [3.8, 4) is 0 Å². The molecule has 0 fully saturated rings. The van der Waals surface area contributed by atoms with E-state index in [9.17, 15) is 0 Å². The predicted octanol–water partition coefficient (Wildman–Crippen LogP) is 2.44. The summed E-state index contributed by atoms with van der Waals surface area (Å²) < 4.78 is 0. The summed E-state index contributed by atoms with van der Waals surface area (Å²) in [5.41, 5.74) is 3.42. The maximum absolute atomic E-state index is 4.63. The monoisotopic (exact) mass is 250 g/mol. The molecule has 0 aromatic carbocycles. The lowest BCUT2D eigenvalue weighted by Crippen LogP contribution is -2.26. The molecule has 0 spiro atoms. The molecule has 0 aliphatic rings. The predicted molar refractivity (Wildman–Crippen MR) is 77.1 cm³/mol. The van der Waals surface area contributed by atoms with Gasteiger partial charge in [-0.05, 0) is 40.7 Å². The van der Waals surface area contributed by atoms with Crippen molar-refractivity contribution in [2.75, 3.05) is 24.5 Å². The molecule has 0 unspecified atom stereocenters. The fourth-order valence-electron chi connectivity index (χ4n) is 2.02. The summed E-state index contributed by atoms with van der Waals surface area (Å²) in [6.07, 6.45) is 1.15. The molecule has 0 aliphatic carbocycles. The van der Waals surface area contributed by atoms with E-state index < -0.39 is 0 Å². The standard InChI is InChI=1S/C14H26N4/c1-6-9-15-10-13-11(4)16-14(17-12(13)5)18(7-2)8-3/h15H,6-10H2,1-5H3. The van der Waals surface area contributed by atoms with E-state index in [2.05, 4.69) is 54.8 Å². The molecule has 0 aliphatic heterocycles. The molecule has 0 radical (unpaired) electrons. The molecule has 0 saturated heterocycles. The lowest BCUT2D eigenvalue weighted by atomic mass is 10.1. The second-order valence-electron chi connectivity index (χ2n) is 4.52. The van der Waals surface area contributed by atoms with Crippen molar-refractivity contribution in [1.82, 2.24) is 15.3 Å². The highest BCUT2D eigenvalue weighted by molar-refractivity contribution is 5.36. The number of aromatic nitrogens is 2. The van der Waals surface area contributed by atoms with Crippen LogP contribution < -0.4 is 10.2 Å². The zero-order valence-corrected chi connectivity index (χ0v) is 12.4. The lowest BCUT2D eigenvalue weighted by Gasteiger charge is -2.20. The highest BCUT2D eigenvalue weighted by atomic mass is 15.2. The molecular formula is C14H26N4. The molecule has 1 aromatic rings. The van der Waals surface area contributed by atoms with Crippen LogP contribution in [0.15, 0.2) is 0 Å². The van der Waals surface area contributed by atoms with Crippen molar-refractivity contribution < 1.29 is 0 Å². The molecule has 18 heavy (non-hydrogen) atoms. The van der Waals surface area contributed by atoms with Gasteiger partial charge in [0, 0.05) is 36.6 Å². The Morgan fingerprint density at radius 2 is 1.56 bits per heavy atom. The van der Waals surface area contributed by atoms with E-state index >= 15 is 0 Å². The number of rotatable bonds is 7. The van der Waals surface area contributed by atoms with E-state index in [0.29, 0.717) is 0 Å². The first-order valence-corrected chi connectivity index (χ1v) is 6.93. The maximum Gasteiger partial charge on any atom is 0.225 e. The van der Waals surface area contributed by atoms with E-state index in [0.717, 1.165) is 49.9 Å². The van der Waals surface area contributed by atoms with Crippen LogP contribution in [0.2, 0.25) is 0 Å². The summed E-state index contributed by atoms with van der Waals surface area (Å²) in [6, 6.07) is 0. The van der Waals surface area contributed by atoms with Crippen LogP contribution in [-0.4, -0.2) is 29.6 Å². The highest BCUT2D eigenvalue weighted by Crippen LogP contribution is 2.15. The summed E-state index contributed by atoms with van der Waals surface area (Å²) >= 11 is 0. The average Bonchev–Trinajstić information content (AvgIpc) is 2.34. The third kappa shape index (κ3) is 3.67. The first kappa shape index (κ1) is 14.9. The molecule has 4 heteroatoms. The Morgan fingerprint density at radius 3 is 2.00 bits per heavy atom. The molecule has 1 N–H and O–H groups in total. The number of nitrogens with one attached hydrogen (secondary N) is 1. The van der Waals surface area contributed by atoms with Gasteiger partial charge in [0.25, 0.3) is 0 Å². The number of aryl methyl sites for hydroxylation is 2. The van der Waals surface area contributed by atoms with Crippen molar-refractivity contribution in [3.63, 3.8) is 0 Å². The Bertz CT molecular complexity index is 349. The summed E-state index contributed by atoms with van der Waals surface area (Å²) in [5.74, 6) is 0.856. The van der Waals surface area contributed by atoms with Crippen LogP contribution in [0.4, 0.5) is 5.95 Å². The van der Waals surface area contributed by atoms with Gasteiger partial charge in [0.1, 0.15) is 0 Å². The van der Waals surface area contributed by atoms with Crippen molar-refractivity contribution >= 4 is 5.95 Å². The largest absolute Gasteiger partial charge is 0.341 e. The third-order valence-electron chi connectivity index (χ3n) is 3.18. The number of anilines is 1. The van der Waals surface area contributed by atoms with E-state index in [-0.39, 0.29) is 0 Å². The molecule has 1 aromatic heterocycles. The third-order valence-corrected chi connectivity index (χ3v) is 3.18. The number of hydrogen-bond acceptors (Lipinski definition) is 4. The summed E-state index contributed by atoms with van der Waals surface area (Å²) in [7, 11) is 0. The topological polar surface area (TPSA) is 41.1 Å². The van der Waals surface area contributed by atoms with Crippen LogP contribution in [0.3, 0.4) is 0 Å². The van der Waals surface area contributed by atoms with Crippen LogP contribution in [0, 0.1) is 13.8 Å². The second kappa shape index (κ2) is 7.31. The zero-order valence-electron chi connectivity index (χ0n) is 12.4. The minimum absolute atomic E-state index is 0.856. The van der Waals surface area contributed by atoms with Crippen LogP contribution in [0.1, 0.15) is 44.1 Å². The van der Waals surface area contributed by atoms with Gasteiger partial charge in [-0.25, -0.2) is 9.97 Å². The highest BCUT2D eigenvalue weighted by Gasteiger charge is 2.11. The molecule has 102 valence electrons. The van der Waals surface area contributed by atoms with Crippen LogP contribution in [0.5, 0.6) is 0 Å². The maximum atomic E-state index is 4.63. The normalized spacial score (nSPS) is 10.7. The van der Waals surface area contributed by atoms with E-state index in [1.807, 2.05) is 0 Å². The molecule has 0 atom stereocenters.